The molecule has 136 valence electrons. The number of carbonyl (C=O) groups is 2. The molecule has 0 saturated carbocycles. The first-order valence-electron chi connectivity index (χ1n) is 8.71. The minimum atomic E-state index is -0.572. The van der Waals surface area contributed by atoms with Crippen LogP contribution >= 0.6 is 0 Å². The largest absolute Gasteiger partial charge is 0.508 e. The summed E-state index contributed by atoms with van der Waals surface area (Å²) in [5, 5.41) is 9.32. The lowest BCUT2D eigenvalue weighted by molar-refractivity contribution is -0.134. The Kier molecular flexibility index (Phi) is 5.53. The van der Waals surface area contributed by atoms with Crippen LogP contribution in [0.5, 0.6) is 5.75 Å². The number of rotatable bonds is 4. The molecule has 0 aromatic heterocycles. The van der Waals surface area contributed by atoms with Crippen molar-refractivity contribution in [2.24, 2.45) is 5.73 Å². The molecule has 1 fully saturated rings. The summed E-state index contributed by atoms with van der Waals surface area (Å²) in [6.07, 6.45) is 0.506. The van der Waals surface area contributed by atoms with Crippen molar-refractivity contribution < 1.29 is 14.7 Å². The summed E-state index contributed by atoms with van der Waals surface area (Å²) in [7, 11) is 0. The third kappa shape index (κ3) is 4.21. The lowest BCUT2D eigenvalue weighted by Crippen LogP contribution is -2.54. The summed E-state index contributed by atoms with van der Waals surface area (Å²) in [6.45, 7) is 1.91. The summed E-state index contributed by atoms with van der Waals surface area (Å²) < 4.78 is 0. The molecule has 0 spiro atoms. The Morgan fingerprint density at radius 2 is 1.50 bits per heavy atom. The second-order valence-electron chi connectivity index (χ2n) is 6.46. The average Bonchev–Trinajstić information content (AvgIpc) is 2.68. The average molecular weight is 353 g/mol. The number of aromatic hydroxyl groups is 1. The van der Waals surface area contributed by atoms with Crippen molar-refractivity contribution in [3.8, 4) is 5.75 Å². The molecule has 2 amide bonds. The lowest BCUT2D eigenvalue weighted by Gasteiger charge is -2.36. The molecule has 1 heterocycles. The topological polar surface area (TPSA) is 86.9 Å². The lowest BCUT2D eigenvalue weighted by atomic mass is 10.1. The molecule has 1 aliphatic heterocycles. The van der Waals surface area contributed by atoms with Crippen LogP contribution in [0.4, 0.5) is 0 Å². The van der Waals surface area contributed by atoms with Crippen LogP contribution in [0.3, 0.4) is 0 Å². The molecule has 0 unspecified atom stereocenters. The number of carbonyl (C=O) groups excluding carboxylic acids is 2. The fourth-order valence-electron chi connectivity index (χ4n) is 3.11. The second kappa shape index (κ2) is 8.01. The van der Waals surface area contributed by atoms with Gasteiger partial charge in [0, 0.05) is 31.7 Å². The Morgan fingerprint density at radius 3 is 2.12 bits per heavy atom. The first-order valence-corrected chi connectivity index (χ1v) is 8.71. The summed E-state index contributed by atoms with van der Waals surface area (Å²) in [6, 6.07) is 15.3. The molecule has 6 heteroatoms. The molecule has 3 rings (SSSR count). The van der Waals surface area contributed by atoms with Crippen molar-refractivity contribution >= 4 is 11.8 Å². The van der Waals surface area contributed by atoms with E-state index in [0.29, 0.717) is 38.2 Å². The highest BCUT2D eigenvalue weighted by Crippen LogP contribution is 2.14. The number of nitrogens with two attached hydrogens (primary N) is 1. The summed E-state index contributed by atoms with van der Waals surface area (Å²) in [4.78, 5) is 28.5. The van der Waals surface area contributed by atoms with Gasteiger partial charge in [-0.1, -0.05) is 30.3 Å². The van der Waals surface area contributed by atoms with E-state index in [1.54, 1.807) is 21.9 Å². The van der Waals surface area contributed by atoms with Crippen LogP contribution in [0.15, 0.2) is 54.6 Å². The second-order valence-corrected chi connectivity index (χ2v) is 6.46. The van der Waals surface area contributed by atoms with Gasteiger partial charge < -0.3 is 20.6 Å². The number of phenols is 1. The molecule has 2 aromatic rings. The third-order valence-electron chi connectivity index (χ3n) is 4.61. The molecule has 26 heavy (non-hydrogen) atoms. The normalized spacial score (nSPS) is 15.6. The zero-order valence-electron chi connectivity index (χ0n) is 14.5. The van der Waals surface area contributed by atoms with E-state index in [4.69, 9.17) is 5.73 Å². The molecule has 0 bridgehead atoms. The van der Waals surface area contributed by atoms with Gasteiger partial charge in [-0.25, -0.2) is 0 Å². The highest BCUT2D eigenvalue weighted by atomic mass is 16.3. The van der Waals surface area contributed by atoms with Crippen molar-refractivity contribution in [3.05, 3.63) is 65.7 Å². The molecule has 6 nitrogen and oxygen atoms in total. The molecule has 3 N–H and O–H groups in total. The minimum absolute atomic E-state index is 0.0782. The van der Waals surface area contributed by atoms with Crippen molar-refractivity contribution in [3.63, 3.8) is 0 Å². The van der Waals surface area contributed by atoms with Gasteiger partial charge in [-0.3, -0.25) is 9.59 Å². The summed E-state index contributed by atoms with van der Waals surface area (Å²) in [5.41, 5.74) is 7.65. The fraction of sp³-hybridized carbons (Fsp3) is 0.300. The van der Waals surface area contributed by atoms with E-state index in [9.17, 15) is 14.7 Å². The van der Waals surface area contributed by atoms with Crippen LogP contribution in [0, 0.1) is 0 Å². The van der Waals surface area contributed by atoms with Crippen LogP contribution in [0.25, 0.3) is 0 Å². The van der Waals surface area contributed by atoms with E-state index in [-0.39, 0.29) is 17.6 Å². The van der Waals surface area contributed by atoms with Gasteiger partial charge in [0.1, 0.15) is 5.75 Å². The number of hydrogen-bond acceptors (Lipinski definition) is 4. The van der Waals surface area contributed by atoms with Crippen LogP contribution in [0.2, 0.25) is 0 Å². The van der Waals surface area contributed by atoms with Crippen LogP contribution in [-0.4, -0.2) is 58.9 Å². The van der Waals surface area contributed by atoms with Gasteiger partial charge in [0.05, 0.1) is 6.04 Å². The predicted molar refractivity (Wildman–Crippen MR) is 98.7 cm³/mol. The first kappa shape index (κ1) is 17.9. The van der Waals surface area contributed by atoms with Crippen LogP contribution in [-0.2, 0) is 11.2 Å². The number of hydrogen-bond donors (Lipinski definition) is 2. The quantitative estimate of drug-likeness (QED) is 0.866. The maximum atomic E-state index is 12.6. The number of phenolic OH excluding ortho intramolecular Hbond substituents is 1. The Bertz CT molecular complexity index is 754. The number of piperazine rings is 1. The van der Waals surface area contributed by atoms with Gasteiger partial charge in [-0.15, -0.1) is 0 Å². The van der Waals surface area contributed by atoms with E-state index in [2.05, 4.69) is 0 Å². The van der Waals surface area contributed by atoms with E-state index >= 15 is 0 Å². The molecule has 0 radical (unpaired) electrons. The SMILES string of the molecule is N[C@@H](Cc1ccccc1)C(=O)N1CCN(C(=O)c2ccc(O)cc2)CC1. The molecular formula is C20H23N3O3. The van der Waals surface area contributed by atoms with Crippen LogP contribution < -0.4 is 5.73 Å². The third-order valence-corrected chi connectivity index (χ3v) is 4.61. The number of amides is 2. The molecule has 0 aliphatic carbocycles. The zero-order chi connectivity index (χ0) is 18.5. The standard InChI is InChI=1S/C20H23N3O3/c21-18(14-15-4-2-1-3-5-15)20(26)23-12-10-22(11-13-23)19(25)16-6-8-17(24)9-7-16/h1-9,18,24H,10-14,21H2/t18-/m0/s1. The van der Waals surface area contributed by atoms with Gasteiger partial charge in [0.25, 0.3) is 5.91 Å². The van der Waals surface area contributed by atoms with Crippen molar-refractivity contribution in [2.75, 3.05) is 26.2 Å². The van der Waals surface area contributed by atoms with Gasteiger partial charge in [0.2, 0.25) is 5.91 Å². The van der Waals surface area contributed by atoms with Crippen molar-refractivity contribution in [2.45, 2.75) is 12.5 Å². The van der Waals surface area contributed by atoms with E-state index < -0.39 is 6.04 Å². The Labute approximate surface area is 152 Å². The molecule has 1 aliphatic rings. The predicted octanol–water partition coefficient (Wildman–Crippen LogP) is 1.25. The van der Waals surface area contributed by atoms with E-state index in [1.165, 1.54) is 12.1 Å². The molecule has 1 atom stereocenters. The highest BCUT2D eigenvalue weighted by molar-refractivity contribution is 5.94. The maximum absolute atomic E-state index is 12.6. The summed E-state index contributed by atoms with van der Waals surface area (Å²) in [5.74, 6) is -0.0411. The minimum Gasteiger partial charge on any atom is -0.508 e. The highest BCUT2D eigenvalue weighted by Gasteiger charge is 2.27. The van der Waals surface area contributed by atoms with E-state index in [1.807, 2.05) is 30.3 Å². The number of benzene rings is 2. The van der Waals surface area contributed by atoms with Gasteiger partial charge in [-0.05, 0) is 36.2 Å². The number of nitrogens with zero attached hydrogens (tertiary/aromatic N) is 2. The van der Waals surface area contributed by atoms with E-state index in [0.717, 1.165) is 5.56 Å². The van der Waals surface area contributed by atoms with Gasteiger partial charge >= 0.3 is 0 Å². The molecule has 1 saturated heterocycles. The molecular weight excluding hydrogens is 330 g/mol. The fourth-order valence-corrected chi connectivity index (χ4v) is 3.11. The Morgan fingerprint density at radius 1 is 0.923 bits per heavy atom. The summed E-state index contributed by atoms with van der Waals surface area (Å²) >= 11 is 0. The molecule has 2 aromatic carbocycles. The first-order chi connectivity index (χ1) is 12.5. The Hall–Kier alpha value is -2.86. The van der Waals surface area contributed by atoms with Gasteiger partial charge in [0.15, 0.2) is 0 Å². The smallest absolute Gasteiger partial charge is 0.253 e. The van der Waals surface area contributed by atoms with Crippen LogP contribution in [0.1, 0.15) is 15.9 Å². The van der Waals surface area contributed by atoms with Crippen molar-refractivity contribution in [1.29, 1.82) is 0 Å². The van der Waals surface area contributed by atoms with Crippen molar-refractivity contribution in [1.82, 2.24) is 9.80 Å². The monoisotopic (exact) mass is 353 g/mol. The zero-order valence-corrected chi connectivity index (χ0v) is 14.5. The maximum Gasteiger partial charge on any atom is 0.253 e. The van der Waals surface area contributed by atoms with Gasteiger partial charge in [-0.2, -0.15) is 0 Å². The Balaban J connectivity index is 1.53.